The molecule has 1 unspecified atom stereocenters. The maximum absolute atomic E-state index is 14.6. The molecule has 2 aromatic rings. The number of halogens is 3. The summed E-state index contributed by atoms with van der Waals surface area (Å²) >= 11 is 0. The average Bonchev–Trinajstić information content (AvgIpc) is 2.64. The van der Waals surface area contributed by atoms with Gasteiger partial charge in [-0.3, -0.25) is 10.2 Å². The first-order valence-electron chi connectivity index (χ1n) is 9.21. The van der Waals surface area contributed by atoms with Gasteiger partial charge in [0.15, 0.2) is 6.10 Å². The Morgan fingerprint density at radius 2 is 1.73 bits per heavy atom. The van der Waals surface area contributed by atoms with E-state index < -0.39 is 29.2 Å². The van der Waals surface area contributed by atoms with E-state index >= 15 is 0 Å². The quantitative estimate of drug-likeness (QED) is 0.406. The molecular weight excluding hydrogens is 416 g/mol. The summed E-state index contributed by atoms with van der Waals surface area (Å²) in [6, 6.07) is 8.78. The normalized spacial score (nSPS) is 11.5. The van der Waals surface area contributed by atoms with Gasteiger partial charge in [-0.2, -0.15) is 0 Å². The highest BCUT2D eigenvalue weighted by Crippen LogP contribution is 2.29. The topological polar surface area (TPSA) is 97.4 Å². The Bertz CT molecular complexity index is 853. The number of carbonyl (C=O) groups excluding carboxylic acids is 1. The van der Waals surface area contributed by atoms with Gasteiger partial charge < -0.3 is 20.5 Å². The van der Waals surface area contributed by atoms with Crippen LogP contribution < -0.4 is 15.8 Å². The van der Waals surface area contributed by atoms with Crippen molar-refractivity contribution in [3.05, 3.63) is 64.7 Å². The van der Waals surface area contributed by atoms with Crippen LogP contribution in [-0.2, 0) is 16.1 Å². The van der Waals surface area contributed by atoms with E-state index in [9.17, 15) is 13.6 Å². The Kier molecular flexibility index (Phi) is 9.68. The number of nitrogens with two attached hydrogens (primary N) is 1. The number of nitrogens with one attached hydrogen (secondary N) is 2. The Hall–Kier alpha value is -2.71. The second-order valence-corrected chi connectivity index (χ2v) is 6.63. The van der Waals surface area contributed by atoms with Crippen molar-refractivity contribution in [1.29, 1.82) is 5.41 Å². The highest BCUT2D eigenvalue weighted by atomic mass is 35.5. The first-order valence-corrected chi connectivity index (χ1v) is 9.21. The molecule has 0 radical (unpaired) electrons. The number of ether oxygens (including phenoxy) is 2. The second kappa shape index (κ2) is 11.5. The molecule has 0 saturated carbocycles. The summed E-state index contributed by atoms with van der Waals surface area (Å²) in [5.74, 6) is -2.52. The maximum Gasteiger partial charge on any atom is 0.254 e. The van der Waals surface area contributed by atoms with Crippen LogP contribution in [0.25, 0.3) is 0 Å². The summed E-state index contributed by atoms with van der Waals surface area (Å²) < 4.78 is 39.8. The van der Waals surface area contributed by atoms with Crippen molar-refractivity contribution in [3.8, 4) is 5.75 Å². The number of amides is 1. The van der Waals surface area contributed by atoms with Crippen LogP contribution >= 0.6 is 12.4 Å². The fraction of sp³-hybridized carbons (Fsp3) is 0.333. The Balaban J connectivity index is 0.00000450. The zero-order chi connectivity index (χ0) is 21.6. The number of rotatable bonds is 9. The number of carbonyl (C=O) groups is 1. The summed E-state index contributed by atoms with van der Waals surface area (Å²) in [5, 5.41) is 10.00. The molecule has 1 atom stereocenters. The van der Waals surface area contributed by atoms with Crippen LogP contribution in [-0.4, -0.2) is 24.5 Å². The van der Waals surface area contributed by atoms with Gasteiger partial charge in [0.1, 0.15) is 23.2 Å². The molecule has 1 amide bonds. The Labute approximate surface area is 180 Å². The molecule has 30 heavy (non-hydrogen) atoms. The van der Waals surface area contributed by atoms with E-state index in [4.69, 9.17) is 20.6 Å². The molecule has 0 bridgehead atoms. The van der Waals surface area contributed by atoms with Crippen LogP contribution in [0.15, 0.2) is 36.4 Å². The molecule has 4 N–H and O–H groups in total. The van der Waals surface area contributed by atoms with Crippen molar-refractivity contribution in [1.82, 2.24) is 5.32 Å². The smallest absolute Gasteiger partial charge is 0.254 e. The largest absolute Gasteiger partial charge is 0.491 e. The van der Waals surface area contributed by atoms with E-state index in [0.29, 0.717) is 5.56 Å². The second-order valence-electron chi connectivity index (χ2n) is 6.63. The van der Waals surface area contributed by atoms with Gasteiger partial charge >= 0.3 is 0 Å². The van der Waals surface area contributed by atoms with Crippen LogP contribution in [0, 0.1) is 17.0 Å². The van der Waals surface area contributed by atoms with E-state index in [-0.39, 0.29) is 43.2 Å². The van der Waals surface area contributed by atoms with Crippen LogP contribution in [0.3, 0.4) is 0 Å². The predicted octanol–water partition coefficient (Wildman–Crippen LogP) is 3.85. The number of benzene rings is 2. The standard InChI is InChI=1S/C21H25F2N3O3.ClH/c1-4-28-19(18-16(22)9-15(10-17(18)23)29-12(2)3)21(27)26-11-13-5-7-14(8-6-13)20(24)25;/h5-10,12,19H,4,11H2,1-3H3,(H3,24,25)(H,26,27);1H. The number of amidine groups is 1. The molecule has 0 aliphatic rings. The minimum atomic E-state index is -1.44. The van der Waals surface area contributed by atoms with Gasteiger partial charge in [-0.25, -0.2) is 8.78 Å². The third-order valence-electron chi connectivity index (χ3n) is 3.99. The van der Waals surface area contributed by atoms with E-state index in [1.807, 2.05) is 0 Å². The third kappa shape index (κ3) is 6.67. The minimum Gasteiger partial charge on any atom is -0.491 e. The van der Waals surface area contributed by atoms with Crippen molar-refractivity contribution >= 4 is 24.1 Å². The molecule has 2 aromatic carbocycles. The molecule has 9 heteroatoms. The lowest BCUT2D eigenvalue weighted by Gasteiger charge is -2.19. The van der Waals surface area contributed by atoms with Crippen LogP contribution in [0.1, 0.15) is 43.6 Å². The van der Waals surface area contributed by atoms with Crippen molar-refractivity contribution in [2.45, 2.75) is 39.5 Å². The molecule has 6 nitrogen and oxygen atoms in total. The predicted molar refractivity (Wildman–Crippen MR) is 113 cm³/mol. The molecule has 0 aromatic heterocycles. The zero-order valence-corrected chi connectivity index (χ0v) is 17.8. The van der Waals surface area contributed by atoms with Gasteiger partial charge in [0.2, 0.25) is 0 Å². The highest BCUT2D eigenvalue weighted by molar-refractivity contribution is 5.94. The fourth-order valence-corrected chi connectivity index (χ4v) is 2.69. The molecule has 0 aliphatic carbocycles. The van der Waals surface area contributed by atoms with E-state index in [1.165, 1.54) is 0 Å². The summed E-state index contributed by atoms with van der Waals surface area (Å²) in [6.07, 6.45) is -1.69. The molecular formula is C21H26ClF2N3O3. The lowest BCUT2D eigenvalue weighted by molar-refractivity contribution is -0.133. The van der Waals surface area contributed by atoms with E-state index in [1.54, 1.807) is 45.0 Å². The van der Waals surface area contributed by atoms with Gasteiger partial charge in [0, 0.05) is 30.8 Å². The molecule has 2 rings (SSSR count). The Morgan fingerprint density at radius 1 is 1.17 bits per heavy atom. The lowest BCUT2D eigenvalue weighted by atomic mass is 10.1. The Morgan fingerprint density at radius 3 is 2.20 bits per heavy atom. The number of hydrogen-bond donors (Lipinski definition) is 3. The zero-order valence-electron chi connectivity index (χ0n) is 17.0. The monoisotopic (exact) mass is 441 g/mol. The van der Waals surface area contributed by atoms with Crippen molar-refractivity contribution in [2.75, 3.05) is 6.61 Å². The van der Waals surface area contributed by atoms with Crippen LogP contribution in [0.4, 0.5) is 8.78 Å². The van der Waals surface area contributed by atoms with Crippen molar-refractivity contribution in [3.63, 3.8) is 0 Å². The van der Waals surface area contributed by atoms with Gasteiger partial charge in [-0.15, -0.1) is 12.4 Å². The number of hydrogen-bond acceptors (Lipinski definition) is 4. The molecule has 0 heterocycles. The maximum atomic E-state index is 14.6. The molecule has 164 valence electrons. The highest BCUT2D eigenvalue weighted by Gasteiger charge is 2.28. The van der Waals surface area contributed by atoms with Gasteiger partial charge in [-0.05, 0) is 26.3 Å². The lowest BCUT2D eigenvalue weighted by Crippen LogP contribution is -2.31. The molecule has 0 aliphatic heterocycles. The minimum absolute atomic E-state index is 0. The van der Waals surface area contributed by atoms with Crippen molar-refractivity contribution < 1.29 is 23.0 Å². The fourth-order valence-electron chi connectivity index (χ4n) is 2.69. The van der Waals surface area contributed by atoms with Gasteiger partial charge in [-0.1, -0.05) is 24.3 Å². The van der Waals surface area contributed by atoms with Crippen molar-refractivity contribution in [2.24, 2.45) is 5.73 Å². The van der Waals surface area contributed by atoms with Gasteiger partial charge in [0.05, 0.1) is 11.7 Å². The van der Waals surface area contributed by atoms with Crippen LogP contribution in [0.2, 0.25) is 0 Å². The molecule has 0 spiro atoms. The third-order valence-corrected chi connectivity index (χ3v) is 3.99. The summed E-state index contributed by atoms with van der Waals surface area (Å²) in [7, 11) is 0. The van der Waals surface area contributed by atoms with E-state index in [2.05, 4.69) is 5.32 Å². The first kappa shape index (κ1) is 25.3. The number of nitrogen functional groups attached to an aromatic ring is 1. The SMILES string of the molecule is CCOC(C(=O)NCc1ccc(C(=N)N)cc1)c1c(F)cc(OC(C)C)cc1F.Cl. The van der Waals surface area contributed by atoms with Crippen LogP contribution in [0.5, 0.6) is 5.75 Å². The summed E-state index contributed by atoms with van der Waals surface area (Å²) in [6.45, 7) is 5.33. The molecule has 0 saturated heterocycles. The summed E-state index contributed by atoms with van der Waals surface area (Å²) in [5.41, 5.74) is 6.23. The van der Waals surface area contributed by atoms with Gasteiger partial charge in [0.25, 0.3) is 5.91 Å². The first-order chi connectivity index (χ1) is 13.7. The van der Waals surface area contributed by atoms with E-state index in [0.717, 1.165) is 17.7 Å². The molecule has 0 fully saturated rings. The summed E-state index contributed by atoms with van der Waals surface area (Å²) in [4.78, 5) is 12.6. The average molecular weight is 442 g/mol.